The SMILES string of the molecule is CCOC(=O)/C(C(C)=Nc1ccc(Cl)cc1C(=O)c1ccccc1)=C(\C)O. The van der Waals surface area contributed by atoms with E-state index in [9.17, 15) is 14.7 Å². The van der Waals surface area contributed by atoms with Gasteiger partial charge >= 0.3 is 5.97 Å². The summed E-state index contributed by atoms with van der Waals surface area (Å²) >= 11 is 6.07. The molecular weight excluding hydrogens is 366 g/mol. The van der Waals surface area contributed by atoms with Crippen molar-refractivity contribution in [1.82, 2.24) is 0 Å². The summed E-state index contributed by atoms with van der Waals surface area (Å²) < 4.78 is 4.96. The van der Waals surface area contributed by atoms with Crippen molar-refractivity contribution in [2.45, 2.75) is 20.8 Å². The number of aliphatic hydroxyl groups excluding tert-OH is 1. The Hall–Kier alpha value is -2.92. The van der Waals surface area contributed by atoms with E-state index in [1.807, 2.05) is 6.07 Å². The monoisotopic (exact) mass is 385 g/mol. The number of aliphatic hydroxyl groups is 1. The second-order valence-corrected chi connectivity index (χ2v) is 6.17. The minimum absolute atomic E-state index is 0.0371. The number of nitrogens with zero attached hydrogens (tertiary/aromatic N) is 1. The van der Waals surface area contributed by atoms with E-state index in [0.717, 1.165) is 0 Å². The summed E-state index contributed by atoms with van der Waals surface area (Å²) in [6.07, 6.45) is 0. The molecule has 2 aromatic rings. The molecule has 2 rings (SSSR count). The van der Waals surface area contributed by atoms with Crippen LogP contribution >= 0.6 is 11.6 Å². The lowest BCUT2D eigenvalue weighted by Gasteiger charge is -2.10. The quantitative estimate of drug-likeness (QED) is 0.248. The zero-order chi connectivity index (χ0) is 20.0. The Morgan fingerprint density at radius 1 is 1.11 bits per heavy atom. The van der Waals surface area contributed by atoms with E-state index < -0.39 is 5.97 Å². The van der Waals surface area contributed by atoms with Crippen LogP contribution in [0.5, 0.6) is 0 Å². The van der Waals surface area contributed by atoms with E-state index in [4.69, 9.17) is 16.3 Å². The van der Waals surface area contributed by atoms with Gasteiger partial charge in [-0.3, -0.25) is 9.79 Å². The van der Waals surface area contributed by atoms with Crippen LogP contribution in [0.25, 0.3) is 0 Å². The van der Waals surface area contributed by atoms with Gasteiger partial charge in [-0.15, -0.1) is 0 Å². The van der Waals surface area contributed by atoms with Crippen molar-refractivity contribution >= 4 is 34.8 Å². The van der Waals surface area contributed by atoms with Gasteiger partial charge in [-0.05, 0) is 39.0 Å². The molecule has 0 aliphatic carbocycles. The summed E-state index contributed by atoms with van der Waals surface area (Å²) in [5.74, 6) is -1.13. The van der Waals surface area contributed by atoms with Crippen molar-refractivity contribution in [3.05, 3.63) is 76.0 Å². The summed E-state index contributed by atoms with van der Waals surface area (Å²) in [6.45, 7) is 4.78. The molecule has 5 nitrogen and oxygen atoms in total. The molecule has 0 aliphatic rings. The predicted octanol–water partition coefficient (Wildman–Crippen LogP) is 5.06. The summed E-state index contributed by atoms with van der Waals surface area (Å²) in [6, 6.07) is 13.5. The molecule has 0 aliphatic heterocycles. The largest absolute Gasteiger partial charge is 0.512 e. The number of halogens is 1. The zero-order valence-corrected chi connectivity index (χ0v) is 16.1. The fraction of sp³-hybridized carbons (Fsp3) is 0.190. The number of allylic oxidation sites excluding steroid dienone is 1. The van der Waals surface area contributed by atoms with Gasteiger partial charge < -0.3 is 9.84 Å². The number of esters is 1. The molecule has 0 bridgehead atoms. The van der Waals surface area contributed by atoms with Gasteiger partial charge in [0.15, 0.2) is 5.78 Å². The maximum Gasteiger partial charge on any atom is 0.343 e. The van der Waals surface area contributed by atoms with E-state index in [1.165, 1.54) is 13.0 Å². The smallest absolute Gasteiger partial charge is 0.343 e. The normalized spacial score (nSPS) is 12.4. The van der Waals surface area contributed by atoms with E-state index >= 15 is 0 Å². The number of hydrogen-bond acceptors (Lipinski definition) is 5. The maximum absolute atomic E-state index is 12.9. The molecule has 0 heterocycles. The van der Waals surface area contributed by atoms with E-state index in [2.05, 4.69) is 4.99 Å². The fourth-order valence-electron chi connectivity index (χ4n) is 2.53. The fourth-order valence-corrected chi connectivity index (χ4v) is 2.70. The first kappa shape index (κ1) is 20.4. The number of rotatable bonds is 6. The van der Waals surface area contributed by atoms with Crippen molar-refractivity contribution in [2.24, 2.45) is 4.99 Å². The number of carbonyl (C=O) groups excluding carboxylic acids is 2. The van der Waals surface area contributed by atoms with Crippen LogP contribution < -0.4 is 0 Å². The van der Waals surface area contributed by atoms with Crippen molar-refractivity contribution in [1.29, 1.82) is 0 Å². The van der Waals surface area contributed by atoms with Gasteiger partial charge in [-0.2, -0.15) is 0 Å². The third-order valence-electron chi connectivity index (χ3n) is 3.73. The molecule has 0 radical (unpaired) electrons. The van der Waals surface area contributed by atoms with E-state index in [1.54, 1.807) is 50.2 Å². The first-order valence-electron chi connectivity index (χ1n) is 8.37. The van der Waals surface area contributed by atoms with Crippen LogP contribution in [0.4, 0.5) is 5.69 Å². The zero-order valence-electron chi connectivity index (χ0n) is 15.3. The average Bonchev–Trinajstić information content (AvgIpc) is 2.63. The highest BCUT2D eigenvalue weighted by atomic mass is 35.5. The highest BCUT2D eigenvalue weighted by molar-refractivity contribution is 6.31. The van der Waals surface area contributed by atoms with Crippen LogP contribution in [0.1, 0.15) is 36.7 Å². The van der Waals surface area contributed by atoms with Crippen molar-refractivity contribution in [3.8, 4) is 0 Å². The Labute approximate surface area is 163 Å². The molecule has 0 saturated carbocycles. The van der Waals surface area contributed by atoms with Gasteiger partial charge in [-0.25, -0.2) is 4.79 Å². The predicted molar refractivity (Wildman–Crippen MR) is 106 cm³/mol. The molecular formula is C21H20ClNO4. The van der Waals surface area contributed by atoms with E-state index in [0.29, 0.717) is 21.8 Å². The van der Waals surface area contributed by atoms with Gasteiger partial charge in [0.2, 0.25) is 0 Å². The standard InChI is InChI=1S/C21H20ClNO4/c1-4-27-21(26)19(14(3)24)13(2)23-18-11-10-16(22)12-17(18)20(25)15-8-6-5-7-9-15/h5-12,24H,4H2,1-3H3/b19-14+,23-13?. The van der Waals surface area contributed by atoms with Crippen molar-refractivity contribution in [2.75, 3.05) is 6.61 Å². The van der Waals surface area contributed by atoms with Crippen LogP contribution in [-0.2, 0) is 9.53 Å². The minimum atomic E-state index is -0.677. The first-order chi connectivity index (χ1) is 12.8. The van der Waals surface area contributed by atoms with Crippen LogP contribution in [0.2, 0.25) is 5.02 Å². The first-order valence-corrected chi connectivity index (χ1v) is 8.74. The van der Waals surface area contributed by atoms with Gasteiger partial charge in [-0.1, -0.05) is 41.9 Å². The molecule has 0 amide bonds. The molecule has 0 fully saturated rings. The molecule has 0 saturated heterocycles. The average molecular weight is 386 g/mol. The topological polar surface area (TPSA) is 76.0 Å². The second kappa shape index (κ2) is 9.14. The number of aliphatic imine (C=N–C) groups is 1. The molecule has 27 heavy (non-hydrogen) atoms. The number of hydrogen-bond donors (Lipinski definition) is 1. The number of ketones is 1. The van der Waals surface area contributed by atoms with Crippen LogP contribution in [0, 0.1) is 0 Å². The molecule has 0 unspecified atom stereocenters. The molecule has 2 aromatic carbocycles. The number of carbonyl (C=O) groups is 2. The van der Waals surface area contributed by atoms with Gasteiger partial charge in [0.25, 0.3) is 0 Å². The Morgan fingerprint density at radius 3 is 2.37 bits per heavy atom. The Balaban J connectivity index is 2.53. The van der Waals surface area contributed by atoms with Gasteiger partial charge in [0, 0.05) is 16.1 Å². The third kappa shape index (κ3) is 5.05. The lowest BCUT2D eigenvalue weighted by Crippen LogP contribution is -2.16. The van der Waals surface area contributed by atoms with Crippen molar-refractivity contribution < 1.29 is 19.4 Å². The van der Waals surface area contributed by atoms with Gasteiger partial charge in [0.1, 0.15) is 11.3 Å². The summed E-state index contributed by atoms with van der Waals surface area (Å²) in [4.78, 5) is 29.4. The molecule has 0 aromatic heterocycles. The molecule has 140 valence electrons. The number of benzene rings is 2. The summed E-state index contributed by atoms with van der Waals surface area (Å²) in [5, 5.41) is 10.3. The summed E-state index contributed by atoms with van der Waals surface area (Å²) in [5.41, 5.74) is 1.33. The Morgan fingerprint density at radius 2 is 1.78 bits per heavy atom. The van der Waals surface area contributed by atoms with Crippen LogP contribution in [0.15, 0.2) is 64.9 Å². The maximum atomic E-state index is 12.9. The molecule has 1 N–H and O–H groups in total. The summed E-state index contributed by atoms with van der Waals surface area (Å²) in [7, 11) is 0. The minimum Gasteiger partial charge on any atom is -0.512 e. The van der Waals surface area contributed by atoms with Crippen LogP contribution in [0.3, 0.4) is 0 Å². The molecule has 0 atom stereocenters. The number of ether oxygens (including phenoxy) is 1. The highest BCUT2D eigenvalue weighted by Crippen LogP contribution is 2.27. The van der Waals surface area contributed by atoms with Crippen molar-refractivity contribution in [3.63, 3.8) is 0 Å². The third-order valence-corrected chi connectivity index (χ3v) is 3.97. The highest BCUT2D eigenvalue weighted by Gasteiger charge is 2.20. The second-order valence-electron chi connectivity index (χ2n) is 5.73. The lowest BCUT2D eigenvalue weighted by molar-refractivity contribution is -0.138. The van der Waals surface area contributed by atoms with Crippen LogP contribution in [-0.4, -0.2) is 29.2 Å². The van der Waals surface area contributed by atoms with Gasteiger partial charge in [0.05, 0.1) is 18.0 Å². The molecule has 6 heteroatoms. The van der Waals surface area contributed by atoms with E-state index in [-0.39, 0.29) is 29.4 Å². The lowest BCUT2D eigenvalue weighted by atomic mass is 10.0. The Kier molecular flexibility index (Phi) is 6.91. The molecule has 0 spiro atoms. The Bertz CT molecular complexity index is 913.